The number of esters is 1. The maximum Gasteiger partial charge on any atom is 0.338 e. The van der Waals surface area contributed by atoms with E-state index in [-0.39, 0.29) is 0 Å². The second-order valence-corrected chi connectivity index (χ2v) is 3.68. The van der Waals surface area contributed by atoms with Crippen LogP contribution in [0.2, 0.25) is 0 Å². The van der Waals surface area contributed by atoms with Crippen molar-refractivity contribution in [3.63, 3.8) is 0 Å². The molecule has 18 heavy (non-hydrogen) atoms. The van der Waals surface area contributed by atoms with E-state index in [1.807, 2.05) is 0 Å². The van der Waals surface area contributed by atoms with Crippen LogP contribution in [0.15, 0.2) is 24.3 Å². The van der Waals surface area contributed by atoms with Crippen LogP contribution in [0.5, 0.6) is 5.75 Å². The van der Waals surface area contributed by atoms with Gasteiger partial charge in [0.25, 0.3) is 0 Å². The topological polar surface area (TPSA) is 48.4 Å². The highest BCUT2D eigenvalue weighted by molar-refractivity contribution is 5.97. The van der Waals surface area contributed by atoms with Crippen molar-refractivity contribution in [3.8, 4) is 5.75 Å². The number of nitrogens with zero attached hydrogens (tertiary/aromatic N) is 1. The number of rotatable bonds is 3. The molecule has 0 atom stereocenters. The summed E-state index contributed by atoms with van der Waals surface area (Å²) in [6, 6.07) is 6.44. The van der Waals surface area contributed by atoms with Gasteiger partial charge in [-0.25, -0.2) is 14.2 Å². The molecule has 0 bridgehead atoms. The zero-order valence-corrected chi connectivity index (χ0v) is 10.1. The molecule has 0 radical (unpaired) electrons. The molecule has 0 saturated carbocycles. The monoisotopic (exact) mass is 249 g/mol. The van der Waals surface area contributed by atoms with Gasteiger partial charge >= 0.3 is 5.97 Å². The molecular formula is C13H12FNO3. The lowest BCUT2D eigenvalue weighted by Gasteiger charge is -2.08. The van der Waals surface area contributed by atoms with Crippen molar-refractivity contribution in [1.29, 1.82) is 0 Å². The van der Waals surface area contributed by atoms with Crippen LogP contribution in [0.3, 0.4) is 0 Å². The second-order valence-electron chi connectivity index (χ2n) is 3.68. The van der Waals surface area contributed by atoms with Crippen LogP contribution in [-0.4, -0.2) is 25.2 Å². The number of carbonyl (C=O) groups is 1. The predicted molar refractivity (Wildman–Crippen MR) is 64.4 cm³/mol. The average Bonchev–Trinajstić information content (AvgIpc) is 2.44. The standard InChI is InChI=1S/C13H12FNO3/c1-17-11-6-9(13(16)18-2)5-8-3-4-10(7-14)15-12(8)11/h3-6H,7H2,1-2H3. The van der Waals surface area contributed by atoms with Crippen LogP contribution < -0.4 is 4.74 Å². The van der Waals surface area contributed by atoms with Gasteiger partial charge in [0.1, 0.15) is 17.9 Å². The van der Waals surface area contributed by atoms with Crippen molar-refractivity contribution in [3.05, 3.63) is 35.5 Å². The Morgan fingerprint density at radius 1 is 1.33 bits per heavy atom. The quantitative estimate of drug-likeness (QED) is 0.784. The third kappa shape index (κ3) is 2.11. The van der Waals surface area contributed by atoms with Gasteiger partial charge in [0, 0.05) is 5.39 Å². The van der Waals surface area contributed by atoms with Crippen molar-refractivity contribution in [2.45, 2.75) is 6.67 Å². The van der Waals surface area contributed by atoms with Crippen molar-refractivity contribution in [2.75, 3.05) is 14.2 Å². The number of pyridine rings is 1. The van der Waals surface area contributed by atoms with Crippen LogP contribution in [-0.2, 0) is 11.4 Å². The molecule has 0 aliphatic carbocycles. The van der Waals surface area contributed by atoms with E-state index in [0.717, 1.165) is 0 Å². The summed E-state index contributed by atoms with van der Waals surface area (Å²) in [5.74, 6) is -0.0343. The molecule has 0 saturated heterocycles. The van der Waals surface area contributed by atoms with Gasteiger partial charge < -0.3 is 9.47 Å². The predicted octanol–water partition coefficient (Wildman–Crippen LogP) is 2.50. The van der Waals surface area contributed by atoms with E-state index < -0.39 is 12.6 Å². The summed E-state index contributed by atoms with van der Waals surface area (Å²) in [6.07, 6.45) is 0. The average molecular weight is 249 g/mol. The number of halogens is 1. The van der Waals surface area contributed by atoms with Gasteiger partial charge in [-0.2, -0.15) is 0 Å². The second kappa shape index (κ2) is 5.00. The van der Waals surface area contributed by atoms with Gasteiger partial charge in [0.15, 0.2) is 0 Å². The van der Waals surface area contributed by atoms with Crippen LogP contribution in [0, 0.1) is 0 Å². The molecule has 2 aromatic rings. The number of methoxy groups -OCH3 is 2. The molecule has 0 amide bonds. The summed E-state index contributed by atoms with van der Waals surface area (Å²) in [6.45, 7) is -0.641. The largest absolute Gasteiger partial charge is 0.494 e. The highest BCUT2D eigenvalue weighted by Gasteiger charge is 2.12. The Balaban J connectivity index is 2.66. The molecule has 1 aromatic heterocycles. The minimum atomic E-state index is -0.641. The number of hydrogen-bond acceptors (Lipinski definition) is 4. The van der Waals surface area contributed by atoms with E-state index in [2.05, 4.69) is 9.72 Å². The van der Waals surface area contributed by atoms with Crippen LogP contribution in [0.4, 0.5) is 4.39 Å². The van der Waals surface area contributed by atoms with Gasteiger partial charge in [0.05, 0.1) is 25.5 Å². The fourth-order valence-corrected chi connectivity index (χ4v) is 1.71. The van der Waals surface area contributed by atoms with Gasteiger partial charge in [-0.05, 0) is 18.2 Å². The molecule has 0 fully saturated rings. The minimum Gasteiger partial charge on any atom is -0.494 e. The Morgan fingerprint density at radius 2 is 2.11 bits per heavy atom. The fourth-order valence-electron chi connectivity index (χ4n) is 1.71. The molecule has 4 nitrogen and oxygen atoms in total. The number of fused-ring (bicyclic) bond motifs is 1. The smallest absolute Gasteiger partial charge is 0.338 e. The first-order valence-electron chi connectivity index (χ1n) is 5.31. The Bertz CT molecular complexity index is 598. The summed E-state index contributed by atoms with van der Waals surface area (Å²) >= 11 is 0. The minimum absolute atomic E-state index is 0.326. The van der Waals surface area contributed by atoms with Crippen LogP contribution >= 0.6 is 0 Å². The summed E-state index contributed by atoms with van der Waals surface area (Å²) in [4.78, 5) is 15.6. The summed E-state index contributed by atoms with van der Waals surface area (Å²) in [5, 5.41) is 0.701. The number of aromatic nitrogens is 1. The zero-order chi connectivity index (χ0) is 13.1. The number of benzene rings is 1. The Labute approximate surface area is 103 Å². The van der Waals surface area contributed by atoms with Crippen LogP contribution in [0.25, 0.3) is 10.9 Å². The van der Waals surface area contributed by atoms with Gasteiger partial charge in [0.2, 0.25) is 0 Å². The van der Waals surface area contributed by atoms with Crippen molar-refractivity contribution < 1.29 is 18.7 Å². The van der Waals surface area contributed by atoms with E-state index >= 15 is 0 Å². The van der Waals surface area contributed by atoms with E-state index in [9.17, 15) is 9.18 Å². The molecule has 0 spiro atoms. The first-order chi connectivity index (χ1) is 8.69. The lowest BCUT2D eigenvalue weighted by molar-refractivity contribution is 0.0600. The molecule has 5 heteroatoms. The Morgan fingerprint density at radius 3 is 2.72 bits per heavy atom. The first kappa shape index (κ1) is 12.3. The highest BCUT2D eigenvalue weighted by atomic mass is 19.1. The SMILES string of the molecule is COC(=O)c1cc(OC)c2nc(CF)ccc2c1. The van der Waals surface area contributed by atoms with E-state index in [1.54, 1.807) is 18.2 Å². The maximum absolute atomic E-state index is 12.6. The summed E-state index contributed by atoms with van der Waals surface area (Å²) in [7, 11) is 2.78. The molecule has 1 aromatic carbocycles. The number of ether oxygens (including phenoxy) is 2. The lowest BCUT2D eigenvalue weighted by Crippen LogP contribution is -2.02. The molecule has 0 aliphatic heterocycles. The Kier molecular flexibility index (Phi) is 3.41. The summed E-state index contributed by atoms with van der Waals surface area (Å²) < 4.78 is 22.4. The van der Waals surface area contributed by atoms with Crippen molar-refractivity contribution in [2.24, 2.45) is 0 Å². The van der Waals surface area contributed by atoms with Gasteiger partial charge in [-0.3, -0.25) is 0 Å². The molecule has 0 N–H and O–H groups in total. The zero-order valence-electron chi connectivity index (χ0n) is 10.1. The summed E-state index contributed by atoms with van der Waals surface area (Å²) in [5.41, 5.74) is 1.23. The van der Waals surface area contributed by atoms with E-state index in [1.165, 1.54) is 20.3 Å². The fraction of sp³-hybridized carbons (Fsp3) is 0.231. The highest BCUT2D eigenvalue weighted by Crippen LogP contribution is 2.26. The molecule has 1 heterocycles. The molecule has 0 aliphatic rings. The maximum atomic E-state index is 12.6. The van der Waals surface area contributed by atoms with E-state index in [0.29, 0.717) is 27.9 Å². The van der Waals surface area contributed by atoms with Crippen molar-refractivity contribution >= 4 is 16.9 Å². The van der Waals surface area contributed by atoms with Crippen LogP contribution in [0.1, 0.15) is 16.1 Å². The van der Waals surface area contributed by atoms with Crippen molar-refractivity contribution in [1.82, 2.24) is 4.98 Å². The number of hydrogen-bond donors (Lipinski definition) is 0. The number of carbonyl (C=O) groups excluding carboxylic acids is 1. The third-order valence-corrected chi connectivity index (χ3v) is 2.59. The molecule has 2 rings (SSSR count). The van der Waals surface area contributed by atoms with E-state index in [4.69, 9.17) is 4.74 Å². The molecular weight excluding hydrogens is 237 g/mol. The van der Waals surface area contributed by atoms with Gasteiger partial charge in [-0.1, -0.05) is 6.07 Å². The Hall–Kier alpha value is -2.17. The molecule has 94 valence electrons. The molecule has 0 unspecified atom stereocenters. The number of alkyl halides is 1. The normalized spacial score (nSPS) is 10.4. The first-order valence-corrected chi connectivity index (χ1v) is 5.31. The lowest BCUT2D eigenvalue weighted by atomic mass is 10.1. The third-order valence-electron chi connectivity index (χ3n) is 2.59. The van der Waals surface area contributed by atoms with Gasteiger partial charge in [-0.15, -0.1) is 0 Å².